The number of carbonyl (C=O) groups excluding carboxylic acids is 15. The van der Waals surface area contributed by atoms with Gasteiger partial charge in [-0.15, -0.1) is 0 Å². The predicted molar refractivity (Wildman–Crippen MR) is 476 cm³/mol. The standard InChI is InChI=1S/C96H163NO32/c98-64-31-1-16-46-82(99)115-65-32-2-17-47-83(100)116-66-33-3-18-48-84(101)117-67-34-4-19-49-85(102)118-68-35-5-20-50-86(103)119-69-36-6-21-51-87(104)120-70-37-7-22-52-88(105)121-71-38-8-23-53-89(106)122-72-39-9-24-54-90(107)123-73-40-10-25-55-91(108)124-74-41-11-26-56-92(109)125-75-42-12-27-57-93(110)126-76-43-13-28-58-94(111)127-77-44-14-29-59-95(112)128-78-45-15-30-60-96(113)129-81-63-97-61-79-114-80-62-97/h98H,1-81H2. The minimum absolute atomic E-state index is 0.126. The van der Waals surface area contributed by atoms with Crippen molar-refractivity contribution in [2.45, 2.75) is 385 Å². The van der Waals surface area contributed by atoms with Crippen molar-refractivity contribution in [2.24, 2.45) is 0 Å². The Hall–Kier alpha value is -8.07. The molecule has 0 saturated carbocycles. The second kappa shape index (κ2) is 90.5. The van der Waals surface area contributed by atoms with Crippen LogP contribution in [0.15, 0.2) is 0 Å². The predicted octanol–water partition coefficient (Wildman–Crippen LogP) is 15.9. The number of hydrogen-bond acceptors (Lipinski definition) is 33. The first kappa shape index (κ1) is 119. The number of aliphatic hydroxyl groups excluding tert-OH is 1. The van der Waals surface area contributed by atoms with Gasteiger partial charge in [-0.2, -0.15) is 0 Å². The van der Waals surface area contributed by atoms with Crippen molar-refractivity contribution in [2.75, 3.05) is 139 Å². The van der Waals surface area contributed by atoms with Crippen molar-refractivity contribution in [3.8, 4) is 0 Å². The fourth-order valence-electron chi connectivity index (χ4n) is 13.0. The lowest BCUT2D eigenvalue weighted by atomic mass is 10.2. The molecule has 0 aromatic carbocycles. The van der Waals surface area contributed by atoms with Crippen molar-refractivity contribution in [1.82, 2.24) is 4.90 Å². The Morgan fingerprint density at radius 3 is 0.403 bits per heavy atom. The van der Waals surface area contributed by atoms with Gasteiger partial charge < -0.3 is 80.9 Å². The van der Waals surface area contributed by atoms with Crippen LogP contribution in [-0.4, -0.2) is 238 Å². The first-order chi connectivity index (χ1) is 62.8. The van der Waals surface area contributed by atoms with Crippen LogP contribution in [0.4, 0.5) is 0 Å². The van der Waals surface area contributed by atoms with E-state index >= 15 is 0 Å². The summed E-state index contributed by atoms with van der Waals surface area (Å²) in [5.74, 6) is -4.12. The third kappa shape index (κ3) is 87.7. The Kier molecular flexibility index (Phi) is 83.4. The molecule has 33 nitrogen and oxygen atoms in total. The van der Waals surface area contributed by atoms with Gasteiger partial charge in [0, 0.05) is 123 Å². The lowest BCUT2D eigenvalue weighted by Crippen LogP contribution is -2.38. The zero-order valence-corrected chi connectivity index (χ0v) is 78.3. The SMILES string of the molecule is O=C(CCCCCO)OCCCCCC(=O)OCCCCCC(=O)OCCCCCC(=O)OCCCCCC(=O)OCCCCCC(=O)OCCCCCC(=O)OCCCCCC(=O)OCCCCCC(=O)OCCCCCC(=O)OCCCCCC(=O)OCCCCCC(=O)OCCCCCC(=O)OCCCCCC(=O)OCCCCCC(=O)OCCN1CCOCC1. The number of morpholine rings is 1. The summed E-state index contributed by atoms with van der Waals surface area (Å²) in [7, 11) is 0. The fraction of sp³-hybridized carbons (Fsp3) is 0.844. The van der Waals surface area contributed by atoms with Gasteiger partial charge >= 0.3 is 89.5 Å². The van der Waals surface area contributed by atoms with E-state index in [0.717, 1.165) is 58.2 Å². The number of esters is 15. The minimum Gasteiger partial charge on any atom is -0.466 e. The molecule has 0 amide bonds. The van der Waals surface area contributed by atoms with Gasteiger partial charge in [0.25, 0.3) is 0 Å². The maximum atomic E-state index is 12.2. The number of rotatable bonds is 92. The topological polar surface area (TPSA) is 427 Å². The summed E-state index contributed by atoms with van der Waals surface area (Å²) in [5.41, 5.74) is 0. The van der Waals surface area contributed by atoms with Crippen LogP contribution in [-0.2, 0) is 148 Å². The molecule has 0 aromatic heterocycles. The van der Waals surface area contributed by atoms with E-state index in [0.29, 0.717) is 322 Å². The van der Waals surface area contributed by atoms with Crippen LogP contribution in [0.5, 0.6) is 0 Å². The van der Waals surface area contributed by atoms with Crippen molar-refractivity contribution in [3.63, 3.8) is 0 Å². The first-order valence-electron chi connectivity index (χ1n) is 49.1. The van der Waals surface area contributed by atoms with Crippen LogP contribution in [0.1, 0.15) is 385 Å². The molecule has 744 valence electrons. The van der Waals surface area contributed by atoms with Gasteiger partial charge in [0.1, 0.15) is 6.61 Å². The Morgan fingerprint density at radius 2 is 0.279 bits per heavy atom. The zero-order valence-electron chi connectivity index (χ0n) is 78.3. The maximum absolute atomic E-state index is 12.2. The van der Waals surface area contributed by atoms with Gasteiger partial charge in [-0.3, -0.25) is 76.8 Å². The molecule has 0 bridgehead atoms. The quantitative estimate of drug-likeness (QED) is 0.0336. The van der Waals surface area contributed by atoms with E-state index in [1.807, 2.05) is 0 Å². The molecular formula is C96H163NO32. The van der Waals surface area contributed by atoms with Crippen LogP contribution in [0.3, 0.4) is 0 Å². The molecule has 1 rings (SSSR count). The van der Waals surface area contributed by atoms with Crippen molar-refractivity contribution >= 4 is 89.5 Å². The molecule has 33 heteroatoms. The fourth-order valence-corrected chi connectivity index (χ4v) is 13.0. The lowest BCUT2D eigenvalue weighted by Gasteiger charge is -2.26. The van der Waals surface area contributed by atoms with Crippen LogP contribution in [0, 0.1) is 0 Å². The Morgan fingerprint density at radius 1 is 0.163 bits per heavy atom. The molecule has 1 aliphatic heterocycles. The molecule has 1 saturated heterocycles. The number of hydrogen-bond donors (Lipinski definition) is 1. The van der Waals surface area contributed by atoms with Crippen LogP contribution in [0.2, 0.25) is 0 Å². The van der Waals surface area contributed by atoms with Gasteiger partial charge in [-0.25, -0.2) is 0 Å². The van der Waals surface area contributed by atoms with E-state index in [1.165, 1.54) is 0 Å². The summed E-state index contributed by atoms with van der Waals surface area (Å²) in [6, 6.07) is 0. The highest BCUT2D eigenvalue weighted by Crippen LogP contribution is 2.16. The van der Waals surface area contributed by atoms with Gasteiger partial charge in [-0.05, 0) is 283 Å². The molecule has 1 fully saturated rings. The minimum atomic E-state index is -0.294. The third-order valence-electron chi connectivity index (χ3n) is 20.8. The van der Waals surface area contributed by atoms with Gasteiger partial charge in [0.2, 0.25) is 0 Å². The molecule has 1 N–H and O–H groups in total. The van der Waals surface area contributed by atoms with Gasteiger partial charge in [0.15, 0.2) is 0 Å². The zero-order chi connectivity index (χ0) is 93.8. The summed E-state index contributed by atoms with van der Waals surface area (Å²) in [4.78, 5) is 183. The average Bonchev–Trinajstić information content (AvgIpc) is 0.955. The molecule has 0 aromatic rings. The normalized spacial score (nSPS) is 11.8. The van der Waals surface area contributed by atoms with Crippen LogP contribution < -0.4 is 0 Å². The smallest absolute Gasteiger partial charge is 0.305 e. The lowest BCUT2D eigenvalue weighted by molar-refractivity contribution is -0.146. The number of nitrogens with zero attached hydrogens (tertiary/aromatic N) is 1. The van der Waals surface area contributed by atoms with Gasteiger partial charge in [-0.1, -0.05) is 6.42 Å². The van der Waals surface area contributed by atoms with Crippen LogP contribution >= 0.6 is 0 Å². The van der Waals surface area contributed by atoms with Crippen molar-refractivity contribution in [3.05, 3.63) is 0 Å². The summed E-state index contributed by atoms with van der Waals surface area (Å²) < 4.78 is 84.8. The molecular weight excluding hydrogens is 1680 g/mol. The largest absolute Gasteiger partial charge is 0.466 e. The van der Waals surface area contributed by atoms with E-state index in [1.54, 1.807) is 0 Å². The molecule has 0 atom stereocenters. The number of unbranched alkanes of at least 4 members (excludes halogenated alkanes) is 30. The van der Waals surface area contributed by atoms with Gasteiger partial charge in [0.05, 0.1) is 106 Å². The highest BCUT2D eigenvalue weighted by molar-refractivity contribution is 5.74. The second-order valence-corrected chi connectivity index (χ2v) is 32.6. The first-order valence-corrected chi connectivity index (χ1v) is 49.1. The average molecular weight is 1840 g/mol. The number of carbonyl (C=O) groups is 15. The monoisotopic (exact) mass is 1840 g/mol. The Labute approximate surface area is 767 Å². The molecule has 0 aliphatic carbocycles. The molecule has 1 heterocycles. The molecule has 129 heavy (non-hydrogen) atoms. The Bertz CT molecular complexity index is 2840. The van der Waals surface area contributed by atoms with Crippen LogP contribution in [0.25, 0.3) is 0 Å². The summed E-state index contributed by atoms with van der Waals surface area (Å²) >= 11 is 0. The highest BCUT2D eigenvalue weighted by atomic mass is 16.6. The number of ether oxygens (including phenoxy) is 16. The van der Waals surface area contributed by atoms with E-state index in [-0.39, 0.29) is 233 Å². The molecule has 0 spiro atoms. The highest BCUT2D eigenvalue weighted by Gasteiger charge is 2.17. The van der Waals surface area contributed by atoms with E-state index in [9.17, 15) is 71.9 Å². The third-order valence-corrected chi connectivity index (χ3v) is 20.8. The second-order valence-electron chi connectivity index (χ2n) is 32.6. The van der Waals surface area contributed by atoms with Crippen molar-refractivity contribution < 1.29 is 153 Å². The number of aliphatic hydroxyl groups is 1. The summed E-state index contributed by atoms with van der Waals surface area (Å²) in [6.45, 7) is 8.37. The molecule has 0 radical (unpaired) electrons. The van der Waals surface area contributed by atoms with Crippen molar-refractivity contribution in [1.29, 1.82) is 0 Å². The Balaban J connectivity index is 1.79. The van der Waals surface area contributed by atoms with E-state index in [4.69, 9.17) is 80.9 Å². The van der Waals surface area contributed by atoms with E-state index in [2.05, 4.69) is 4.90 Å². The maximum Gasteiger partial charge on any atom is 0.305 e. The summed E-state index contributed by atoms with van der Waals surface area (Å²) in [6.07, 6.45) is 34.4. The summed E-state index contributed by atoms with van der Waals surface area (Å²) in [5, 5.41) is 8.78. The molecule has 0 unspecified atom stereocenters. The molecule has 1 aliphatic rings. The van der Waals surface area contributed by atoms with E-state index < -0.39 is 0 Å².